The van der Waals surface area contributed by atoms with E-state index >= 15 is 0 Å². The molecule has 0 aliphatic rings. The van der Waals surface area contributed by atoms with Crippen LogP contribution in [0.25, 0.3) is 0 Å². The van der Waals surface area contributed by atoms with Gasteiger partial charge in [0, 0.05) is 23.3 Å². The van der Waals surface area contributed by atoms with E-state index in [0.717, 1.165) is 6.42 Å². The van der Waals surface area contributed by atoms with Crippen molar-refractivity contribution in [1.82, 2.24) is 15.5 Å². The van der Waals surface area contributed by atoms with Crippen molar-refractivity contribution >= 4 is 17.3 Å². The SMILES string of the molecule is CCc1ccc(CNC(=NC)NCCCN(C)CC(F)(F)F)s1. The summed E-state index contributed by atoms with van der Waals surface area (Å²) in [7, 11) is 3.15. The largest absolute Gasteiger partial charge is 0.401 e. The van der Waals surface area contributed by atoms with E-state index in [1.165, 1.54) is 21.7 Å². The smallest absolute Gasteiger partial charge is 0.356 e. The Balaban J connectivity index is 2.21. The lowest BCUT2D eigenvalue weighted by atomic mass is 10.3. The molecule has 0 fully saturated rings. The van der Waals surface area contributed by atoms with E-state index in [1.54, 1.807) is 18.4 Å². The molecule has 0 saturated carbocycles. The molecule has 4 nitrogen and oxygen atoms in total. The number of aliphatic imine (C=N–C) groups is 1. The summed E-state index contributed by atoms with van der Waals surface area (Å²) in [6.45, 7) is 2.90. The molecular formula is C15H25F3N4S. The fraction of sp³-hybridized carbons (Fsp3) is 0.667. The first-order chi connectivity index (χ1) is 10.8. The summed E-state index contributed by atoms with van der Waals surface area (Å²) in [6.07, 6.45) is -2.49. The molecule has 1 aromatic heterocycles. The zero-order chi connectivity index (χ0) is 17.3. The molecule has 0 atom stereocenters. The van der Waals surface area contributed by atoms with Crippen LogP contribution < -0.4 is 10.6 Å². The van der Waals surface area contributed by atoms with Gasteiger partial charge in [0.05, 0.1) is 13.1 Å². The third-order valence-corrected chi connectivity index (χ3v) is 4.41. The van der Waals surface area contributed by atoms with Crippen molar-refractivity contribution < 1.29 is 13.2 Å². The summed E-state index contributed by atoms with van der Waals surface area (Å²) < 4.78 is 36.6. The molecule has 0 aliphatic heterocycles. The van der Waals surface area contributed by atoms with Crippen LogP contribution in [-0.2, 0) is 13.0 Å². The highest BCUT2D eigenvalue weighted by atomic mass is 32.1. The van der Waals surface area contributed by atoms with Gasteiger partial charge in [0.15, 0.2) is 5.96 Å². The van der Waals surface area contributed by atoms with Crippen molar-refractivity contribution in [3.8, 4) is 0 Å². The molecule has 0 bridgehead atoms. The second kappa shape index (κ2) is 9.77. The first-order valence-corrected chi connectivity index (χ1v) is 8.43. The summed E-state index contributed by atoms with van der Waals surface area (Å²) in [5.74, 6) is 0.662. The van der Waals surface area contributed by atoms with E-state index in [1.807, 2.05) is 0 Å². The van der Waals surface area contributed by atoms with Crippen molar-refractivity contribution in [3.05, 3.63) is 21.9 Å². The van der Waals surface area contributed by atoms with Gasteiger partial charge in [-0.15, -0.1) is 11.3 Å². The number of nitrogens with zero attached hydrogens (tertiary/aromatic N) is 2. The number of nitrogens with one attached hydrogen (secondary N) is 2. The molecule has 23 heavy (non-hydrogen) atoms. The van der Waals surface area contributed by atoms with Crippen LogP contribution >= 0.6 is 11.3 Å². The Morgan fingerprint density at radius 2 is 1.96 bits per heavy atom. The molecule has 1 heterocycles. The van der Waals surface area contributed by atoms with Crippen molar-refractivity contribution in [2.45, 2.75) is 32.5 Å². The molecule has 0 unspecified atom stereocenters. The second-order valence-corrected chi connectivity index (χ2v) is 6.53. The summed E-state index contributed by atoms with van der Waals surface area (Å²) in [5.41, 5.74) is 0. The zero-order valence-electron chi connectivity index (χ0n) is 13.8. The van der Waals surface area contributed by atoms with Gasteiger partial charge in [-0.1, -0.05) is 6.92 Å². The Kier molecular flexibility index (Phi) is 8.40. The first kappa shape index (κ1) is 19.8. The lowest BCUT2D eigenvalue weighted by molar-refractivity contribution is -0.143. The van der Waals surface area contributed by atoms with Gasteiger partial charge in [-0.2, -0.15) is 13.2 Å². The Morgan fingerprint density at radius 1 is 1.26 bits per heavy atom. The van der Waals surface area contributed by atoms with Crippen LogP contribution in [0.15, 0.2) is 17.1 Å². The van der Waals surface area contributed by atoms with Gasteiger partial charge in [0.1, 0.15) is 0 Å². The molecular weight excluding hydrogens is 325 g/mol. The van der Waals surface area contributed by atoms with Crippen molar-refractivity contribution in [1.29, 1.82) is 0 Å². The lowest BCUT2D eigenvalue weighted by Crippen LogP contribution is -2.38. The Bertz CT molecular complexity index is 485. The number of hydrogen-bond donors (Lipinski definition) is 2. The van der Waals surface area contributed by atoms with E-state index in [2.05, 4.69) is 34.7 Å². The second-order valence-electron chi connectivity index (χ2n) is 5.28. The molecule has 0 spiro atoms. The average molecular weight is 350 g/mol. The van der Waals surface area contributed by atoms with Crippen LogP contribution in [0, 0.1) is 0 Å². The number of hydrogen-bond acceptors (Lipinski definition) is 3. The topological polar surface area (TPSA) is 39.7 Å². The fourth-order valence-electron chi connectivity index (χ4n) is 2.04. The normalized spacial score (nSPS) is 12.7. The van der Waals surface area contributed by atoms with Gasteiger partial charge in [-0.3, -0.25) is 9.89 Å². The van der Waals surface area contributed by atoms with Gasteiger partial charge in [-0.05, 0) is 38.6 Å². The molecule has 0 aromatic carbocycles. The number of thiophene rings is 1. The maximum Gasteiger partial charge on any atom is 0.401 e. The Labute approximate surface area is 139 Å². The maximum atomic E-state index is 12.2. The minimum atomic E-state index is -4.14. The van der Waals surface area contributed by atoms with Crippen molar-refractivity contribution in [3.63, 3.8) is 0 Å². The summed E-state index contributed by atoms with van der Waals surface area (Å²) in [4.78, 5) is 7.96. The van der Waals surface area contributed by atoms with Gasteiger partial charge in [0.25, 0.3) is 0 Å². The third kappa shape index (κ3) is 8.80. The van der Waals surface area contributed by atoms with E-state index in [0.29, 0.717) is 32.0 Å². The van der Waals surface area contributed by atoms with E-state index in [-0.39, 0.29) is 0 Å². The quantitative estimate of drug-likeness (QED) is 0.430. The van der Waals surface area contributed by atoms with Gasteiger partial charge in [0.2, 0.25) is 0 Å². The maximum absolute atomic E-state index is 12.2. The van der Waals surface area contributed by atoms with Crippen LogP contribution in [-0.4, -0.2) is 50.8 Å². The predicted octanol–water partition coefficient (Wildman–Crippen LogP) is 2.86. The molecule has 0 amide bonds. The van der Waals surface area contributed by atoms with Gasteiger partial charge in [-0.25, -0.2) is 0 Å². The number of halogens is 3. The minimum Gasteiger partial charge on any atom is -0.356 e. The Hall–Kier alpha value is -1.28. The fourth-order valence-corrected chi connectivity index (χ4v) is 2.94. The number of alkyl halides is 3. The molecule has 8 heteroatoms. The van der Waals surface area contributed by atoms with Crippen molar-refractivity contribution in [2.24, 2.45) is 4.99 Å². The number of guanidine groups is 1. The molecule has 0 radical (unpaired) electrons. The van der Waals surface area contributed by atoms with Crippen LogP contribution in [0.3, 0.4) is 0 Å². The van der Waals surface area contributed by atoms with E-state index in [9.17, 15) is 13.2 Å². The minimum absolute atomic E-state index is 0.383. The average Bonchev–Trinajstić information content (AvgIpc) is 2.92. The lowest BCUT2D eigenvalue weighted by Gasteiger charge is -2.18. The number of aryl methyl sites for hydroxylation is 1. The molecule has 1 rings (SSSR count). The molecule has 132 valence electrons. The Morgan fingerprint density at radius 3 is 2.52 bits per heavy atom. The number of rotatable bonds is 8. The molecule has 1 aromatic rings. The predicted molar refractivity (Wildman–Crippen MR) is 90.1 cm³/mol. The van der Waals surface area contributed by atoms with Crippen molar-refractivity contribution in [2.75, 3.05) is 33.7 Å². The molecule has 2 N–H and O–H groups in total. The summed E-state index contributed by atoms with van der Waals surface area (Å²) >= 11 is 1.76. The summed E-state index contributed by atoms with van der Waals surface area (Å²) in [6, 6.07) is 4.21. The summed E-state index contributed by atoms with van der Waals surface area (Å²) in [5, 5.41) is 6.32. The molecule has 0 aliphatic carbocycles. The van der Waals surface area contributed by atoms with Gasteiger partial charge < -0.3 is 10.6 Å². The van der Waals surface area contributed by atoms with Gasteiger partial charge >= 0.3 is 6.18 Å². The first-order valence-electron chi connectivity index (χ1n) is 7.61. The van der Waals surface area contributed by atoms with Crippen LogP contribution in [0.4, 0.5) is 13.2 Å². The van der Waals surface area contributed by atoms with Crippen LogP contribution in [0.2, 0.25) is 0 Å². The monoisotopic (exact) mass is 350 g/mol. The van der Waals surface area contributed by atoms with Crippen LogP contribution in [0.5, 0.6) is 0 Å². The van der Waals surface area contributed by atoms with E-state index in [4.69, 9.17) is 0 Å². The zero-order valence-corrected chi connectivity index (χ0v) is 14.7. The van der Waals surface area contributed by atoms with E-state index < -0.39 is 12.7 Å². The highest BCUT2D eigenvalue weighted by molar-refractivity contribution is 7.11. The highest BCUT2D eigenvalue weighted by Crippen LogP contribution is 2.16. The molecule has 0 saturated heterocycles. The standard InChI is InChI=1S/C15H25F3N4S/c1-4-12-6-7-13(23-12)10-21-14(19-2)20-8-5-9-22(3)11-15(16,17)18/h6-7H,4-5,8-11H2,1-3H3,(H2,19,20,21). The highest BCUT2D eigenvalue weighted by Gasteiger charge is 2.28. The third-order valence-electron chi connectivity index (χ3n) is 3.18. The van der Waals surface area contributed by atoms with Crippen LogP contribution in [0.1, 0.15) is 23.1 Å².